The third-order valence-electron chi connectivity index (χ3n) is 6.22. The van der Waals surface area contributed by atoms with E-state index in [1.165, 1.54) is 0 Å². The van der Waals surface area contributed by atoms with E-state index in [9.17, 15) is 14.7 Å². The fourth-order valence-corrected chi connectivity index (χ4v) is 4.25. The summed E-state index contributed by atoms with van der Waals surface area (Å²) < 4.78 is 12.7. The molecule has 0 radical (unpaired) electrons. The standard InChI is InChI=1S/C28H37N3O6/c1-3-16-31(2)18-24-17-25(21-10-8-20(19-32)9-11-21)37-28(36-24)22-12-14-23(15-13-22)29-26(33)6-4-5-7-27(34)30-35/h3,8-15,24-25,28,32,35H,1,4-7,16-19H2,2H3,(H,29,33)(H,30,34)/t24-,25+,28+/m0/s1. The Morgan fingerprint density at radius 2 is 1.68 bits per heavy atom. The number of hydrogen-bond acceptors (Lipinski definition) is 7. The number of ether oxygens (including phenoxy) is 2. The van der Waals surface area contributed by atoms with Crippen LogP contribution < -0.4 is 10.8 Å². The molecular formula is C28H37N3O6. The number of amides is 2. The molecule has 9 heteroatoms. The fourth-order valence-electron chi connectivity index (χ4n) is 4.25. The van der Waals surface area contributed by atoms with Gasteiger partial charge >= 0.3 is 0 Å². The minimum absolute atomic E-state index is 0.00370. The largest absolute Gasteiger partial charge is 0.392 e. The highest BCUT2D eigenvalue weighted by atomic mass is 16.7. The highest BCUT2D eigenvalue weighted by molar-refractivity contribution is 5.90. The molecule has 1 heterocycles. The number of hydroxylamine groups is 1. The first-order chi connectivity index (χ1) is 17.9. The molecule has 2 aromatic carbocycles. The van der Waals surface area contributed by atoms with Crippen molar-refractivity contribution in [3.05, 3.63) is 77.9 Å². The first kappa shape index (κ1) is 28.5. The Kier molecular flexibility index (Phi) is 11.2. The van der Waals surface area contributed by atoms with Gasteiger partial charge in [0.05, 0.1) is 18.8 Å². The topological polar surface area (TPSA) is 120 Å². The molecule has 3 rings (SSSR count). The van der Waals surface area contributed by atoms with E-state index in [-0.39, 0.29) is 37.6 Å². The molecule has 1 aliphatic heterocycles. The van der Waals surface area contributed by atoms with Crippen LogP contribution in [0, 0.1) is 0 Å². The van der Waals surface area contributed by atoms with Crippen molar-refractivity contribution in [2.75, 3.05) is 25.5 Å². The molecule has 0 aliphatic carbocycles. The molecule has 9 nitrogen and oxygen atoms in total. The van der Waals surface area contributed by atoms with Crippen molar-refractivity contribution >= 4 is 17.5 Å². The Bertz CT molecular complexity index is 1010. The number of nitrogens with one attached hydrogen (secondary N) is 2. The zero-order valence-electron chi connectivity index (χ0n) is 21.3. The van der Waals surface area contributed by atoms with Crippen molar-refractivity contribution in [3.63, 3.8) is 0 Å². The van der Waals surface area contributed by atoms with E-state index in [0.29, 0.717) is 24.9 Å². The maximum Gasteiger partial charge on any atom is 0.243 e. The lowest BCUT2D eigenvalue weighted by Crippen LogP contribution is -2.37. The van der Waals surface area contributed by atoms with E-state index in [0.717, 1.165) is 29.8 Å². The molecule has 1 aliphatic rings. The van der Waals surface area contributed by atoms with Gasteiger partial charge in [-0.25, -0.2) is 5.48 Å². The van der Waals surface area contributed by atoms with E-state index in [1.807, 2.05) is 61.7 Å². The maximum absolute atomic E-state index is 12.2. The van der Waals surface area contributed by atoms with Gasteiger partial charge in [0.2, 0.25) is 11.8 Å². The summed E-state index contributed by atoms with van der Waals surface area (Å²) in [7, 11) is 2.03. The van der Waals surface area contributed by atoms with Gasteiger partial charge in [-0.3, -0.25) is 14.8 Å². The lowest BCUT2D eigenvalue weighted by molar-refractivity contribution is -0.252. The molecule has 0 unspecified atom stereocenters. The number of unbranched alkanes of at least 4 members (excludes halogenated alkanes) is 1. The number of nitrogens with zero attached hydrogens (tertiary/aromatic N) is 1. The molecule has 0 spiro atoms. The van der Waals surface area contributed by atoms with E-state index in [1.54, 1.807) is 5.48 Å². The zero-order chi connectivity index (χ0) is 26.6. The van der Waals surface area contributed by atoms with Crippen LogP contribution in [0.15, 0.2) is 61.2 Å². The molecule has 3 atom stereocenters. The molecule has 0 aromatic heterocycles. The minimum atomic E-state index is -0.569. The number of likely N-dealkylation sites (N-methyl/N-ethyl adjacent to an activating group) is 1. The number of aliphatic hydroxyl groups excluding tert-OH is 1. The van der Waals surface area contributed by atoms with Crippen molar-refractivity contribution in [1.82, 2.24) is 10.4 Å². The maximum atomic E-state index is 12.2. The van der Waals surface area contributed by atoms with Crippen LogP contribution in [0.1, 0.15) is 61.2 Å². The van der Waals surface area contributed by atoms with E-state index >= 15 is 0 Å². The normalized spacial score (nSPS) is 19.4. The molecule has 4 N–H and O–H groups in total. The van der Waals surface area contributed by atoms with Crippen molar-refractivity contribution in [2.24, 2.45) is 0 Å². The van der Waals surface area contributed by atoms with Gasteiger partial charge in [0, 0.05) is 43.6 Å². The molecule has 0 bridgehead atoms. The second-order valence-corrected chi connectivity index (χ2v) is 9.27. The van der Waals surface area contributed by atoms with E-state index in [2.05, 4.69) is 16.8 Å². The van der Waals surface area contributed by atoms with Gasteiger partial charge in [-0.15, -0.1) is 6.58 Å². The summed E-state index contributed by atoms with van der Waals surface area (Å²) in [4.78, 5) is 25.4. The predicted molar refractivity (Wildman–Crippen MR) is 140 cm³/mol. The first-order valence-electron chi connectivity index (χ1n) is 12.5. The molecule has 200 valence electrons. The summed E-state index contributed by atoms with van der Waals surface area (Å²) in [6.45, 7) is 5.29. The molecule has 1 fully saturated rings. The summed E-state index contributed by atoms with van der Waals surface area (Å²) in [5, 5.41) is 20.7. The van der Waals surface area contributed by atoms with Gasteiger partial charge in [-0.1, -0.05) is 42.5 Å². The summed E-state index contributed by atoms with van der Waals surface area (Å²) in [6.07, 6.45) is 3.29. The number of rotatable bonds is 13. The van der Waals surface area contributed by atoms with Gasteiger partial charge in [0.25, 0.3) is 0 Å². The summed E-state index contributed by atoms with van der Waals surface area (Å²) >= 11 is 0. The van der Waals surface area contributed by atoms with Gasteiger partial charge in [0.15, 0.2) is 6.29 Å². The number of hydrogen-bond donors (Lipinski definition) is 4. The molecule has 0 saturated carbocycles. The van der Waals surface area contributed by atoms with Crippen molar-refractivity contribution in [1.29, 1.82) is 0 Å². The molecule has 2 aromatic rings. The second kappa shape index (κ2) is 14.6. The van der Waals surface area contributed by atoms with Gasteiger partial charge in [-0.05, 0) is 43.1 Å². The third kappa shape index (κ3) is 9.07. The summed E-state index contributed by atoms with van der Waals surface area (Å²) in [6, 6.07) is 15.2. The van der Waals surface area contributed by atoms with Gasteiger partial charge in [0.1, 0.15) is 0 Å². The van der Waals surface area contributed by atoms with Crippen LogP contribution in [0.5, 0.6) is 0 Å². The smallest absolute Gasteiger partial charge is 0.243 e. The lowest BCUT2D eigenvalue weighted by atomic mass is 9.99. The first-order valence-corrected chi connectivity index (χ1v) is 12.5. The SMILES string of the molecule is C=CCN(C)C[C@@H]1C[C@H](c2ccc(CO)cc2)O[C@H](c2ccc(NC(=O)CCCCC(=O)NO)cc2)O1. The quantitative estimate of drug-likeness (QED) is 0.140. The molecule has 37 heavy (non-hydrogen) atoms. The third-order valence-corrected chi connectivity index (χ3v) is 6.22. The van der Waals surface area contributed by atoms with Crippen molar-refractivity contribution in [3.8, 4) is 0 Å². The average molecular weight is 512 g/mol. The second-order valence-electron chi connectivity index (χ2n) is 9.27. The van der Waals surface area contributed by atoms with Crippen LogP contribution in [0.3, 0.4) is 0 Å². The van der Waals surface area contributed by atoms with E-state index in [4.69, 9.17) is 14.7 Å². The van der Waals surface area contributed by atoms with E-state index < -0.39 is 12.2 Å². The Morgan fingerprint density at radius 1 is 1.03 bits per heavy atom. The number of anilines is 1. The lowest BCUT2D eigenvalue weighted by Gasteiger charge is -2.37. The predicted octanol–water partition coefficient (Wildman–Crippen LogP) is 3.85. The van der Waals surface area contributed by atoms with Crippen molar-refractivity contribution < 1.29 is 29.4 Å². The number of benzene rings is 2. The van der Waals surface area contributed by atoms with Gasteiger partial charge in [-0.2, -0.15) is 0 Å². The van der Waals surface area contributed by atoms with Crippen LogP contribution in [-0.4, -0.2) is 53.3 Å². The number of carbonyl (C=O) groups excluding carboxylic acids is 2. The number of carbonyl (C=O) groups is 2. The highest BCUT2D eigenvalue weighted by Gasteiger charge is 2.32. The Morgan fingerprint density at radius 3 is 2.30 bits per heavy atom. The molecule has 2 amide bonds. The van der Waals surface area contributed by atoms with Gasteiger partial charge < -0.3 is 24.8 Å². The Hall–Kier alpha value is -3.08. The summed E-state index contributed by atoms with van der Waals surface area (Å²) in [5.41, 5.74) is 4.97. The molecular weight excluding hydrogens is 474 g/mol. The van der Waals surface area contributed by atoms with Crippen LogP contribution in [0.2, 0.25) is 0 Å². The van der Waals surface area contributed by atoms with Crippen LogP contribution in [0.4, 0.5) is 5.69 Å². The monoisotopic (exact) mass is 511 g/mol. The van der Waals surface area contributed by atoms with Crippen LogP contribution in [0.25, 0.3) is 0 Å². The molecule has 1 saturated heterocycles. The van der Waals surface area contributed by atoms with Crippen LogP contribution >= 0.6 is 0 Å². The summed E-state index contributed by atoms with van der Waals surface area (Å²) in [5.74, 6) is -0.596. The zero-order valence-corrected chi connectivity index (χ0v) is 21.3. The van der Waals surface area contributed by atoms with Crippen molar-refractivity contribution in [2.45, 2.75) is 57.2 Å². The Labute approximate surface area is 218 Å². The highest BCUT2D eigenvalue weighted by Crippen LogP contribution is 2.38. The fraction of sp³-hybridized carbons (Fsp3) is 0.429. The average Bonchev–Trinajstić information content (AvgIpc) is 2.91. The minimum Gasteiger partial charge on any atom is -0.392 e. The number of aliphatic hydroxyl groups is 1. The van der Waals surface area contributed by atoms with Crippen LogP contribution in [-0.2, 0) is 25.7 Å². The Balaban J connectivity index is 1.63.